The van der Waals surface area contributed by atoms with Gasteiger partial charge in [0.25, 0.3) is 0 Å². The van der Waals surface area contributed by atoms with E-state index >= 15 is 0 Å². The minimum absolute atomic E-state index is 0.645. The predicted octanol–water partition coefficient (Wildman–Crippen LogP) is 0.983. The van der Waals surface area contributed by atoms with Gasteiger partial charge in [-0.05, 0) is 18.7 Å². The summed E-state index contributed by atoms with van der Waals surface area (Å²) in [6.07, 6.45) is 6.29. The third-order valence-electron chi connectivity index (χ3n) is 2.40. The van der Waals surface area contributed by atoms with E-state index in [4.69, 9.17) is 5.73 Å². The summed E-state index contributed by atoms with van der Waals surface area (Å²) in [5.74, 6) is 0.937. The van der Waals surface area contributed by atoms with E-state index in [2.05, 4.69) is 14.5 Å². The molecule has 15 heavy (non-hydrogen) atoms. The highest BCUT2D eigenvalue weighted by Crippen LogP contribution is 2.16. The van der Waals surface area contributed by atoms with Crippen LogP contribution in [0.3, 0.4) is 0 Å². The van der Waals surface area contributed by atoms with Crippen molar-refractivity contribution < 1.29 is 0 Å². The second-order valence-electron chi connectivity index (χ2n) is 3.41. The van der Waals surface area contributed by atoms with Crippen LogP contribution in [0.4, 0.5) is 0 Å². The van der Waals surface area contributed by atoms with Gasteiger partial charge in [-0.2, -0.15) is 0 Å². The van der Waals surface area contributed by atoms with Gasteiger partial charge in [-0.25, -0.2) is 4.98 Å². The van der Waals surface area contributed by atoms with Gasteiger partial charge in [-0.3, -0.25) is 4.98 Å². The summed E-state index contributed by atoms with van der Waals surface area (Å²) in [5, 5.41) is 0. The lowest BCUT2D eigenvalue weighted by Crippen LogP contribution is -2.07. The highest BCUT2D eigenvalue weighted by Gasteiger charge is 2.07. The lowest BCUT2D eigenvalue weighted by Gasteiger charge is -2.04. The maximum atomic E-state index is 5.52. The number of imidazole rings is 1. The van der Waals surface area contributed by atoms with Crippen LogP contribution in [0, 0.1) is 0 Å². The highest BCUT2D eigenvalue weighted by molar-refractivity contribution is 5.54. The summed E-state index contributed by atoms with van der Waals surface area (Å²) < 4.78 is 2.06. The standard InChI is InChI=1S/C11H14N4/c1-15-10(4-5-12)8-14-11(15)9-3-2-6-13-7-9/h2-3,6-8H,4-5,12H2,1H3. The van der Waals surface area contributed by atoms with E-state index in [9.17, 15) is 0 Å². The first-order valence-electron chi connectivity index (χ1n) is 4.94. The summed E-state index contributed by atoms with van der Waals surface area (Å²) in [5.41, 5.74) is 7.70. The van der Waals surface area contributed by atoms with Gasteiger partial charge in [0, 0.05) is 43.3 Å². The fourth-order valence-corrected chi connectivity index (χ4v) is 1.59. The van der Waals surface area contributed by atoms with Crippen molar-refractivity contribution in [3.8, 4) is 11.4 Å². The molecule has 2 N–H and O–H groups in total. The molecule has 0 spiro atoms. The second kappa shape index (κ2) is 4.23. The molecule has 0 aliphatic heterocycles. The molecule has 0 saturated carbocycles. The van der Waals surface area contributed by atoms with Crippen molar-refractivity contribution in [3.05, 3.63) is 36.4 Å². The normalized spacial score (nSPS) is 10.5. The summed E-state index contributed by atoms with van der Waals surface area (Å²) in [7, 11) is 2.00. The maximum absolute atomic E-state index is 5.52. The fraction of sp³-hybridized carbons (Fsp3) is 0.273. The molecule has 0 saturated heterocycles. The number of hydrogen-bond donors (Lipinski definition) is 1. The molecule has 4 nitrogen and oxygen atoms in total. The van der Waals surface area contributed by atoms with E-state index in [1.807, 2.05) is 31.6 Å². The first kappa shape index (κ1) is 9.86. The Morgan fingerprint density at radius 2 is 2.27 bits per heavy atom. The number of pyridine rings is 1. The fourth-order valence-electron chi connectivity index (χ4n) is 1.59. The number of aromatic nitrogens is 3. The van der Waals surface area contributed by atoms with Gasteiger partial charge in [0.15, 0.2) is 0 Å². The molecule has 0 atom stereocenters. The van der Waals surface area contributed by atoms with Crippen LogP contribution >= 0.6 is 0 Å². The molecule has 0 aliphatic carbocycles. The van der Waals surface area contributed by atoms with Crippen LogP contribution in [0.25, 0.3) is 11.4 Å². The van der Waals surface area contributed by atoms with Crippen LogP contribution in [0.5, 0.6) is 0 Å². The Labute approximate surface area is 88.8 Å². The van der Waals surface area contributed by atoms with Gasteiger partial charge in [0.05, 0.1) is 0 Å². The molecule has 4 heteroatoms. The summed E-state index contributed by atoms with van der Waals surface area (Å²) >= 11 is 0. The molecule has 0 aliphatic rings. The average molecular weight is 202 g/mol. The van der Waals surface area contributed by atoms with Gasteiger partial charge in [-0.15, -0.1) is 0 Å². The Bertz CT molecular complexity index is 433. The quantitative estimate of drug-likeness (QED) is 0.807. The Hall–Kier alpha value is -1.68. The molecule has 78 valence electrons. The van der Waals surface area contributed by atoms with Crippen molar-refractivity contribution in [2.45, 2.75) is 6.42 Å². The zero-order valence-electron chi connectivity index (χ0n) is 8.72. The van der Waals surface area contributed by atoms with E-state index in [1.54, 1.807) is 6.20 Å². The highest BCUT2D eigenvalue weighted by atomic mass is 15.1. The van der Waals surface area contributed by atoms with Crippen molar-refractivity contribution in [1.29, 1.82) is 0 Å². The molecule has 0 radical (unpaired) electrons. The topological polar surface area (TPSA) is 56.7 Å². The monoisotopic (exact) mass is 202 g/mol. The molecular weight excluding hydrogens is 188 g/mol. The van der Waals surface area contributed by atoms with E-state index in [0.29, 0.717) is 6.54 Å². The molecule has 0 aromatic carbocycles. The number of hydrogen-bond acceptors (Lipinski definition) is 3. The summed E-state index contributed by atoms with van der Waals surface area (Å²) in [6.45, 7) is 0.645. The number of nitrogens with zero attached hydrogens (tertiary/aromatic N) is 3. The third kappa shape index (κ3) is 1.89. The molecule has 0 fully saturated rings. The summed E-state index contributed by atoms with van der Waals surface area (Å²) in [6, 6.07) is 3.91. The molecule has 0 unspecified atom stereocenters. The predicted molar refractivity (Wildman–Crippen MR) is 59.2 cm³/mol. The number of nitrogens with two attached hydrogens (primary N) is 1. The van der Waals surface area contributed by atoms with Crippen LogP contribution in [0.15, 0.2) is 30.7 Å². The van der Waals surface area contributed by atoms with Crippen LogP contribution in [0.2, 0.25) is 0 Å². The van der Waals surface area contributed by atoms with Crippen molar-refractivity contribution in [2.24, 2.45) is 12.8 Å². The second-order valence-corrected chi connectivity index (χ2v) is 3.41. The average Bonchev–Trinajstić information content (AvgIpc) is 2.63. The Morgan fingerprint density at radius 1 is 1.40 bits per heavy atom. The lowest BCUT2D eigenvalue weighted by molar-refractivity contribution is 0.810. The number of rotatable bonds is 3. The van der Waals surface area contributed by atoms with Gasteiger partial charge < -0.3 is 10.3 Å². The van der Waals surface area contributed by atoms with Crippen molar-refractivity contribution in [1.82, 2.24) is 14.5 Å². The molecule has 2 aromatic heterocycles. The Morgan fingerprint density at radius 3 is 2.93 bits per heavy atom. The lowest BCUT2D eigenvalue weighted by atomic mass is 10.2. The summed E-state index contributed by atoms with van der Waals surface area (Å²) in [4.78, 5) is 8.45. The molecule has 2 heterocycles. The van der Waals surface area contributed by atoms with Crippen LogP contribution in [-0.2, 0) is 13.5 Å². The molecule has 2 rings (SSSR count). The van der Waals surface area contributed by atoms with Gasteiger partial charge in [0.1, 0.15) is 5.82 Å². The Balaban J connectivity index is 2.38. The zero-order chi connectivity index (χ0) is 10.7. The maximum Gasteiger partial charge on any atom is 0.141 e. The van der Waals surface area contributed by atoms with Crippen molar-refractivity contribution in [2.75, 3.05) is 6.54 Å². The van der Waals surface area contributed by atoms with Gasteiger partial charge in [-0.1, -0.05) is 0 Å². The molecule has 0 bridgehead atoms. The first-order chi connectivity index (χ1) is 7.33. The third-order valence-corrected chi connectivity index (χ3v) is 2.40. The minimum atomic E-state index is 0.645. The van der Waals surface area contributed by atoms with Gasteiger partial charge in [0.2, 0.25) is 0 Å². The van der Waals surface area contributed by atoms with Crippen molar-refractivity contribution in [3.63, 3.8) is 0 Å². The molecular formula is C11H14N4. The molecule has 0 amide bonds. The first-order valence-corrected chi connectivity index (χ1v) is 4.94. The largest absolute Gasteiger partial charge is 0.331 e. The van der Waals surface area contributed by atoms with Crippen LogP contribution in [0.1, 0.15) is 5.69 Å². The van der Waals surface area contributed by atoms with Crippen LogP contribution < -0.4 is 5.73 Å². The Kier molecular flexibility index (Phi) is 2.78. The van der Waals surface area contributed by atoms with E-state index in [1.165, 1.54) is 0 Å². The SMILES string of the molecule is Cn1c(CCN)cnc1-c1cccnc1. The van der Waals surface area contributed by atoms with E-state index < -0.39 is 0 Å². The molecule has 2 aromatic rings. The zero-order valence-corrected chi connectivity index (χ0v) is 8.72. The van der Waals surface area contributed by atoms with Crippen LogP contribution in [-0.4, -0.2) is 21.1 Å². The minimum Gasteiger partial charge on any atom is -0.331 e. The van der Waals surface area contributed by atoms with Crippen molar-refractivity contribution >= 4 is 0 Å². The van der Waals surface area contributed by atoms with E-state index in [-0.39, 0.29) is 0 Å². The van der Waals surface area contributed by atoms with Gasteiger partial charge >= 0.3 is 0 Å². The smallest absolute Gasteiger partial charge is 0.141 e. The van der Waals surface area contributed by atoms with E-state index in [0.717, 1.165) is 23.5 Å².